The van der Waals surface area contributed by atoms with Crippen LogP contribution in [-0.4, -0.2) is 59.3 Å². The van der Waals surface area contributed by atoms with Crippen LogP contribution in [-0.2, 0) is 24.1 Å². The van der Waals surface area contributed by atoms with E-state index in [1.54, 1.807) is 13.3 Å². The molecule has 33 heavy (non-hydrogen) atoms. The third kappa shape index (κ3) is 4.32. The molecule has 1 amide bonds. The average Bonchev–Trinajstić information content (AvgIpc) is 3.41. The number of pyridine rings is 2. The molecule has 1 saturated heterocycles. The fourth-order valence-electron chi connectivity index (χ4n) is 5.10. The van der Waals surface area contributed by atoms with E-state index in [-0.39, 0.29) is 18.0 Å². The largest absolute Gasteiger partial charge is 0.384 e. The Morgan fingerprint density at radius 2 is 2.18 bits per heavy atom. The van der Waals surface area contributed by atoms with Crippen LogP contribution in [0.5, 0.6) is 0 Å². The lowest BCUT2D eigenvalue weighted by atomic mass is 9.91. The second-order valence-corrected chi connectivity index (χ2v) is 9.21. The number of nitrogens with zero attached hydrogens (tertiary/aromatic N) is 4. The first-order chi connectivity index (χ1) is 16.1. The second kappa shape index (κ2) is 9.11. The third-order valence-electron chi connectivity index (χ3n) is 6.99. The Morgan fingerprint density at radius 3 is 3.00 bits per heavy atom. The number of hydrogen-bond donors (Lipinski definition) is 2. The van der Waals surface area contributed by atoms with Gasteiger partial charge in [-0.05, 0) is 49.9 Å². The zero-order valence-corrected chi connectivity index (χ0v) is 19.3. The summed E-state index contributed by atoms with van der Waals surface area (Å²) in [7, 11) is 1.72. The molecule has 0 aromatic carbocycles. The fraction of sp³-hybridized carbons (Fsp3) is 0.480. The number of nitrogens with one attached hydrogen (secondary N) is 1. The predicted octanol–water partition coefficient (Wildman–Crippen LogP) is 2.15. The molecule has 0 unspecified atom stereocenters. The molecule has 5 rings (SSSR count). The molecule has 4 heterocycles. The van der Waals surface area contributed by atoms with Crippen molar-refractivity contribution < 1.29 is 9.53 Å². The van der Waals surface area contributed by atoms with Crippen molar-refractivity contribution in [3.63, 3.8) is 0 Å². The summed E-state index contributed by atoms with van der Waals surface area (Å²) < 4.78 is 7.38. The van der Waals surface area contributed by atoms with Crippen LogP contribution >= 0.6 is 0 Å². The lowest BCUT2D eigenvalue weighted by Gasteiger charge is -2.26. The molecule has 8 heteroatoms. The zero-order chi connectivity index (χ0) is 22.9. The lowest BCUT2D eigenvalue weighted by molar-refractivity contribution is 0.0933. The molecule has 0 spiro atoms. The summed E-state index contributed by atoms with van der Waals surface area (Å²) in [6.45, 7) is 5.30. The van der Waals surface area contributed by atoms with E-state index >= 15 is 0 Å². The summed E-state index contributed by atoms with van der Waals surface area (Å²) in [5.74, 6) is 1.26. The number of anilines is 1. The van der Waals surface area contributed by atoms with Crippen LogP contribution in [0, 0.1) is 5.92 Å². The van der Waals surface area contributed by atoms with Gasteiger partial charge in [-0.2, -0.15) is 0 Å². The Bertz CT molecular complexity index is 1160. The molecule has 174 valence electrons. The van der Waals surface area contributed by atoms with E-state index in [0.29, 0.717) is 18.1 Å². The van der Waals surface area contributed by atoms with Gasteiger partial charge in [-0.3, -0.25) is 4.79 Å². The number of hydrogen-bond acceptors (Lipinski definition) is 6. The zero-order valence-electron chi connectivity index (χ0n) is 19.3. The summed E-state index contributed by atoms with van der Waals surface area (Å²) >= 11 is 0. The molecular weight excluding hydrogens is 416 g/mol. The van der Waals surface area contributed by atoms with Crippen LogP contribution in [0.15, 0.2) is 36.7 Å². The van der Waals surface area contributed by atoms with Gasteiger partial charge in [0, 0.05) is 68.2 Å². The Morgan fingerprint density at radius 1 is 1.30 bits per heavy atom. The molecule has 3 N–H and O–H groups in total. The van der Waals surface area contributed by atoms with Crippen molar-refractivity contribution in [2.75, 3.05) is 31.7 Å². The van der Waals surface area contributed by atoms with Gasteiger partial charge in [0.15, 0.2) is 0 Å². The first-order valence-electron chi connectivity index (χ1n) is 11.8. The summed E-state index contributed by atoms with van der Waals surface area (Å²) in [6.07, 6.45) is 6.20. The maximum atomic E-state index is 12.9. The molecule has 0 bridgehead atoms. The van der Waals surface area contributed by atoms with Gasteiger partial charge in [-0.1, -0.05) is 6.07 Å². The highest BCUT2D eigenvalue weighted by Crippen LogP contribution is 2.27. The number of methoxy groups -OCH3 is 1. The first kappa shape index (κ1) is 21.9. The minimum atomic E-state index is -0.0677. The lowest BCUT2D eigenvalue weighted by Crippen LogP contribution is -2.39. The van der Waals surface area contributed by atoms with Gasteiger partial charge in [0.1, 0.15) is 11.5 Å². The second-order valence-electron chi connectivity index (χ2n) is 9.21. The Kier molecular flexibility index (Phi) is 6.03. The predicted molar refractivity (Wildman–Crippen MR) is 128 cm³/mol. The van der Waals surface area contributed by atoms with Crippen molar-refractivity contribution in [1.29, 1.82) is 0 Å². The van der Waals surface area contributed by atoms with Gasteiger partial charge in [0.25, 0.3) is 5.91 Å². The van der Waals surface area contributed by atoms with E-state index in [2.05, 4.69) is 38.8 Å². The maximum Gasteiger partial charge on any atom is 0.253 e. The van der Waals surface area contributed by atoms with Crippen molar-refractivity contribution in [2.24, 2.45) is 11.7 Å². The molecule has 1 fully saturated rings. The van der Waals surface area contributed by atoms with E-state index < -0.39 is 0 Å². The van der Waals surface area contributed by atoms with E-state index in [1.807, 2.05) is 18.3 Å². The number of carbonyl (C=O) groups excluding carboxylic acids is 1. The van der Waals surface area contributed by atoms with E-state index in [4.69, 9.17) is 15.5 Å². The van der Waals surface area contributed by atoms with Gasteiger partial charge < -0.3 is 25.3 Å². The number of nitrogens with two attached hydrogens (primary N) is 1. The fourth-order valence-corrected chi connectivity index (χ4v) is 5.10. The van der Waals surface area contributed by atoms with Gasteiger partial charge in [-0.15, -0.1) is 0 Å². The average molecular weight is 449 g/mol. The van der Waals surface area contributed by atoms with Crippen molar-refractivity contribution >= 4 is 22.8 Å². The Balaban J connectivity index is 1.24. The summed E-state index contributed by atoms with van der Waals surface area (Å²) in [6, 6.07) is 8.38. The normalized spacial score (nSPS) is 22.5. The van der Waals surface area contributed by atoms with Gasteiger partial charge >= 0.3 is 0 Å². The quantitative estimate of drug-likeness (QED) is 0.600. The molecular formula is C25H32N6O2. The highest BCUT2D eigenvalue weighted by Gasteiger charge is 2.31. The van der Waals surface area contributed by atoms with Crippen molar-refractivity contribution in [2.45, 2.75) is 44.8 Å². The van der Waals surface area contributed by atoms with Crippen molar-refractivity contribution in [3.8, 4) is 0 Å². The summed E-state index contributed by atoms with van der Waals surface area (Å²) in [4.78, 5) is 24.6. The van der Waals surface area contributed by atoms with Gasteiger partial charge in [0.2, 0.25) is 0 Å². The van der Waals surface area contributed by atoms with E-state index in [9.17, 15) is 4.79 Å². The van der Waals surface area contributed by atoms with E-state index in [1.165, 1.54) is 5.56 Å². The van der Waals surface area contributed by atoms with Gasteiger partial charge in [0.05, 0.1) is 12.2 Å². The molecule has 3 aromatic heterocycles. The van der Waals surface area contributed by atoms with Crippen LogP contribution < -0.4 is 16.0 Å². The molecule has 1 aliphatic carbocycles. The highest BCUT2D eigenvalue weighted by molar-refractivity contribution is 5.97. The topological polar surface area (TPSA) is 98.3 Å². The molecule has 0 saturated carbocycles. The minimum absolute atomic E-state index is 0.0677. The SMILES string of the molecule is CCn1ccc2cc(C(=O)N[C@H]3CCc4nc(N5C[C@H](COC)[C@H](N)C5)ccc4C3)cnc21. The molecule has 0 radical (unpaired) electrons. The number of ether oxygens (including phenoxy) is 1. The molecule has 3 atom stereocenters. The third-order valence-corrected chi connectivity index (χ3v) is 6.99. The molecule has 3 aromatic rings. The highest BCUT2D eigenvalue weighted by atomic mass is 16.5. The van der Waals surface area contributed by atoms with Crippen LogP contribution in [0.1, 0.15) is 35.0 Å². The molecule has 1 aliphatic heterocycles. The first-order valence-corrected chi connectivity index (χ1v) is 11.8. The maximum absolute atomic E-state index is 12.9. The van der Waals surface area contributed by atoms with Crippen molar-refractivity contribution in [1.82, 2.24) is 19.9 Å². The number of fused-ring (bicyclic) bond motifs is 2. The summed E-state index contributed by atoms with van der Waals surface area (Å²) in [5, 5.41) is 4.19. The summed E-state index contributed by atoms with van der Waals surface area (Å²) in [5.41, 5.74) is 10.1. The Labute approximate surface area is 194 Å². The van der Waals surface area contributed by atoms with Crippen LogP contribution in [0.3, 0.4) is 0 Å². The molecule has 8 nitrogen and oxygen atoms in total. The number of rotatable bonds is 6. The smallest absolute Gasteiger partial charge is 0.253 e. The van der Waals surface area contributed by atoms with Crippen LogP contribution in [0.4, 0.5) is 5.82 Å². The number of amides is 1. The number of carbonyl (C=O) groups is 1. The van der Waals surface area contributed by atoms with E-state index in [0.717, 1.165) is 61.4 Å². The van der Waals surface area contributed by atoms with Crippen molar-refractivity contribution in [3.05, 3.63) is 53.5 Å². The minimum Gasteiger partial charge on any atom is -0.384 e. The number of aromatic nitrogens is 3. The monoisotopic (exact) mass is 448 g/mol. The van der Waals surface area contributed by atoms with Crippen LogP contribution in [0.2, 0.25) is 0 Å². The van der Waals surface area contributed by atoms with Crippen LogP contribution in [0.25, 0.3) is 11.0 Å². The Hall–Kier alpha value is -2.97. The van der Waals surface area contributed by atoms with Gasteiger partial charge in [-0.25, -0.2) is 9.97 Å². The standard InChI is InChI=1S/C25H32N6O2/c1-3-30-9-8-17-10-18(12-27-24(17)30)25(32)28-20-5-6-22-16(11-20)4-7-23(29-22)31-13-19(15-33-2)21(26)14-31/h4,7-10,12,19-21H,3,5-6,11,13-15,26H2,1-2H3,(H,28,32)/t19-,20+,21-/m1/s1. The molecule has 2 aliphatic rings. The number of aryl methyl sites for hydroxylation is 2.